The van der Waals surface area contributed by atoms with Crippen molar-refractivity contribution in [2.24, 2.45) is 5.92 Å². The van der Waals surface area contributed by atoms with Crippen molar-refractivity contribution in [2.75, 3.05) is 5.32 Å². The van der Waals surface area contributed by atoms with E-state index in [1.54, 1.807) is 36.4 Å². The number of Topliss-reactive ketones (excluding diaryl/α,β-unsaturated/α-hetero) is 2. The molecule has 1 amide bonds. The molecule has 3 aromatic rings. The first-order valence-electron chi connectivity index (χ1n) is 9.56. The fourth-order valence-corrected chi connectivity index (χ4v) is 3.77. The van der Waals surface area contributed by atoms with Crippen LogP contribution in [0.5, 0.6) is 0 Å². The molecule has 1 aliphatic heterocycles. The van der Waals surface area contributed by atoms with Crippen molar-refractivity contribution in [3.05, 3.63) is 99.8 Å². The van der Waals surface area contributed by atoms with Crippen molar-refractivity contribution in [3.8, 4) is 0 Å². The third-order valence-corrected chi connectivity index (χ3v) is 5.58. The lowest BCUT2D eigenvalue weighted by molar-refractivity contribution is -0.138. The molecule has 0 radical (unpaired) electrons. The minimum Gasteiger partial charge on any atom is -0.453 e. The van der Waals surface area contributed by atoms with Crippen LogP contribution in [0.4, 0.5) is 10.1 Å². The van der Waals surface area contributed by atoms with Gasteiger partial charge in [-0.25, -0.2) is 9.18 Å². The third kappa shape index (κ3) is 4.09. The second-order valence-electron chi connectivity index (χ2n) is 7.06. The summed E-state index contributed by atoms with van der Waals surface area (Å²) in [6, 6.07) is 17.8. The quantitative estimate of drug-likeness (QED) is 0.235. The first kappa shape index (κ1) is 21.6. The Morgan fingerprint density at radius 3 is 2.31 bits per heavy atom. The van der Waals surface area contributed by atoms with Crippen molar-refractivity contribution in [3.63, 3.8) is 0 Å². The highest BCUT2D eigenvalue weighted by Gasteiger charge is 2.46. The Bertz CT molecular complexity index is 1240. The molecule has 0 aromatic heterocycles. The van der Waals surface area contributed by atoms with Crippen molar-refractivity contribution < 1.29 is 28.3 Å². The molecule has 6 nitrogen and oxygen atoms in total. The Morgan fingerprint density at radius 1 is 0.938 bits per heavy atom. The van der Waals surface area contributed by atoms with Crippen molar-refractivity contribution >= 4 is 45.1 Å². The number of ketones is 2. The van der Waals surface area contributed by atoms with E-state index in [9.17, 15) is 23.6 Å². The number of carbonyl (C=O) groups excluding carboxylic acids is 4. The van der Waals surface area contributed by atoms with Gasteiger partial charge in [-0.05, 0) is 42.5 Å². The number of fused-ring (bicyclic) bond motifs is 1. The van der Waals surface area contributed by atoms with E-state index >= 15 is 0 Å². The second-order valence-corrected chi connectivity index (χ2v) is 7.98. The van der Waals surface area contributed by atoms with E-state index in [0.717, 1.165) is 10.5 Å². The Labute approximate surface area is 190 Å². The molecule has 0 spiro atoms. The van der Waals surface area contributed by atoms with E-state index in [2.05, 4.69) is 21.2 Å². The summed E-state index contributed by atoms with van der Waals surface area (Å²) >= 11 is 3.27. The molecule has 0 saturated heterocycles. The number of halogens is 2. The van der Waals surface area contributed by atoms with Crippen LogP contribution in [0.25, 0.3) is 0 Å². The standard InChI is InChI=1S/C24H15BrFNO5/c25-13-9-11-14(12-10-13)27-23(30)21(29)19(20(28)17-7-3-4-8-18(17)26)22-15-5-1-2-6-16(15)24(31)32-22/h1-12,19,22H,(H,27,30)/t19-,22+/m0/s1. The van der Waals surface area contributed by atoms with Crippen LogP contribution in [-0.2, 0) is 14.3 Å². The molecule has 0 fully saturated rings. The molecule has 0 unspecified atom stereocenters. The predicted octanol–water partition coefficient (Wildman–Crippen LogP) is 4.51. The SMILES string of the molecule is O=C(Nc1ccc(Br)cc1)C(=O)[C@H](C(=O)c1ccccc1F)[C@@H]1OC(=O)c2ccccc21. The van der Waals surface area contributed by atoms with Gasteiger partial charge in [0.15, 0.2) is 5.78 Å². The normalized spacial score (nSPS) is 15.4. The second kappa shape index (κ2) is 8.84. The van der Waals surface area contributed by atoms with Gasteiger partial charge in [-0.2, -0.15) is 0 Å². The van der Waals surface area contributed by atoms with E-state index in [-0.39, 0.29) is 16.7 Å². The molecule has 160 valence electrons. The van der Waals surface area contributed by atoms with Gasteiger partial charge in [0.1, 0.15) is 17.8 Å². The zero-order valence-corrected chi connectivity index (χ0v) is 18.0. The van der Waals surface area contributed by atoms with Gasteiger partial charge in [0.2, 0.25) is 5.78 Å². The zero-order valence-electron chi connectivity index (χ0n) is 16.4. The number of rotatable bonds is 6. The number of ether oxygens (including phenoxy) is 1. The number of nitrogens with one attached hydrogen (secondary N) is 1. The number of hydrogen-bond acceptors (Lipinski definition) is 5. The van der Waals surface area contributed by atoms with Crippen LogP contribution in [-0.4, -0.2) is 23.4 Å². The highest BCUT2D eigenvalue weighted by Crippen LogP contribution is 2.38. The van der Waals surface area contributed by atoms with Gasteiger partial charge in [0.25, 0.3) is 5.91 Å². The van der Waals surface area contributed by atoms with Crippen LogP contribution >= 0.6 is 15.9 Å². The Balaban J connectivity index is 1.72. The molecule has 2 atom stereocenters. The van der Waals surface area contributed by atoms with Crippen LogP contribution in [0, 0.1) is 11.7 Å². The Morgan fingerprint density at radius 2 is 1.59 bits per heavy atom. The number of anilines is 1. The van der Waals surface area contributed by atoms with Gasteiger partial charge in [-0.15, -0.1) is 0 Å². The molecule has 1 aliphatic rings. The van der Waals surface area contributed by atoms with Gasteiger partial charge in [-0.3, -0.25) is 14.4 Å². The molecular weight excluding hydrogens is 481 g/mol. The first-order chi connectivity index (χ1) is 15.4. The van der Waals surface area contributed by atoms with Crippen molar-refractivity contribution in [1.82, 2.24) is 0 Å². The third-order valence-electron chi connectivity index (χ3n) is 5.05. The average molecular weight is 496 g/mol. The van der Waals surface area contributed by atoms with Crippen LogP contribution < -0.4 is 5.32 Å². The topological polar surface area (TPSA) is 89.5 Å². The van der Waals surface area contributed by atoms with Crippen LogP contribution in [0.3, 0.4) is 0 Å². The summed E-state index contributed by atoms with van der Waals surface area (Å²) in [6.07, 6.45) is -1.35. The van der Waals surface area contributed by atoms with Gasteiger partial charge in [0, 0.05) is 15.7 Å². The molecule has 8 heteroatoms. The molecular formula is C24H15BrFNO5. The number of benzene rings is 3. The van der Waals surface area contributed by atoms with Gasteiger partial charge >= 0.3 is 5.97 Å². The summed E-state index contributed by atoms with van der Waals surface area (Å²) in [4.78, 5) is 51.5. The summed E-state index contributed by atoms with van der Waals surface area (Å²) in [7, 11) is 0. The summed E-state index contributed by atoms with van der Waals surface area (Å²) in [5.74, 6) is -6.50. The van der Waals surface area contributed by atoms with E-state index in [1.807, 2.05) is 0 Å². The fourth-order valence-electron chi connectivity index (χ4n) is 3.51. The van der Waals surface area contributed by atoms with E-state index < -0.39 is 41.3 Å². The number of carbonyl (C=O) groups is 4. The van der Waals surface area contributed by atoms with Crippen LogP contribution in [0.1, 0.15) is 32.4 Å². The number of amides is 1. The summed E-state index contributed by atoms with van der Waals surface area (Å²) in [5.41, 5.74) is 0.428. The number of cyclic esters (lactones) is 1. The molecule has 3 aromatic carbocycles. The molecule has 0 aliphatic carbocycles. The van der Waals surface area contributed by atoms with E-state index in [0.29, 0.717) is 5.69 Å². The van der Waals surface area contributed by atoms with Crippen LogP contribution in [0.2, 0.25) is 0 Å². The van der Waals surface area contributed by atoms with Crippen molar-refractivity contribution in [2.45, 2.75) is 6.10 Å². The molecule has 1 heterocycles. The molecule has 0 saturated carbocycles. The predicted molar refractivity (Wildman–Crippen MR) is 117 cm³/mol. The summed E-state index contributed by atoms with van der Waals surface area (Å²) in [5, 5.41) is 2.43. The maximum absolute atomic E-state index is 14.4. The molecule has 1 N–H and O–H groups in total. The minimum atomic E-state index is -1.75. The van der Waals surface area contributed by atoms with Gasteiger partial charge in [0.05, 0.1) is 11.1 Å². The molecule has 0 bridgehead atoms. The Hall–Kier alpha value is -3.65. The minimum absolute atomic E-state index is 0.185. The number of esters is 1. The lowest BCUT2D eigenvalue weighted by atomic mass is 9.84. The summed E-state index contributed by atoms with van der Waals surface area (Å²) < 4.78 is 20.5. The monoisotopic (exact) mass is 495 g/mol. The highest BCUT2D eigenvalue weighted by molar-refractivity contribution is 9.10. The van der Waals surface area contributed by atoms with Gasteiger partial charge in [-0.1, -0.05) is 46.3 Å². The lowest BCUT2D eigenvalue weighted by Gasteiger charge is -2.21. The smallest absolute Gasteiger partial charge is 0.339 e. The maximum Gasteiger partial charge on any atom is 0.339 e. The van der Waals surface area contributed by atoms with Crippen LogP contribution in [0.15, 0.2) is 77.3 Å². The first-order valence-corrected chi connectivity index (χ1v) is 10.4. The lowest BCUT2D eigenvalue weighted by Crippen LogP contribution is -2.38. The van der Waals surface area contributed by atoms with Crippen molar-refractivity contribution in [1.29, 1.82) is 0 Å². The zero-order chi connectivity index (χ0) is 22.8. The highest BCUT2D eigenvalue weighted by atomic mass is 79.9. The van der Waals surface area contributed by atoms with Gasteiger partial charge < -0.3 is 10.1 Å². The largest absolute Gasteiger partial charge is 0.453 e. The summed E-state index contributed by atoms with van der Waals surface area (Å²) in [6.45, 7) is 0. The fraction of sp³-hybridized carbons (Fsp3) is 0.0833. The molecule has 4 rings (SSSR count). The Kier molecular flexibility index (Phi) is 5.96. The molecule has 32 heavy (non-hydrogen) atoms. The number of hydrogen-bond donors (Lipinski definition) is 1. The maximum atomic E-state index is 14.4. The van der Waals surface area contributed by atoms with E-state index in [4.69, 9.17) is 4.74 Å². The average Bonchev–Trinajstić information content (AvgIpc) is 3.12. The van der Waals surface area contributed by atoms with E-state index in [1.165, 1.54) is 30.3 Å².